The summed E-state index contributed by atoms with van der Waals surface area (Å²) in [6.45, 7) is 3.33. The van der Waals surface area contributed by atoms with E-state index in [2.05, 4.69) is 20.6 Å². The highest BCUT2D eigenvalue weighted by molar-refractivity contribution is 5.54. The van der Waals surface area contributed by atoms with Crippen LogP contribution >= 0.6 is 0 Å². The standard InChI is InChI=1S/C13H13FN4/c1-8-4-10(2-3-11(8)14)17-13-16-6-9-5-15-7-12(9)18-13/h2-4,6,15H,5,7H2,1H3,(H,16,17,18). The van der Waals surface area contributed by atoms with Gasteiger partial charge in [0.05, 0.1) is 5.69 Å². The van der Waals surface area contributed by atoms with Gasteiger partial charge in [-0.1, -0.05) is 0 Å². The van der Waals surface area contributed by atoms with Crippen molar-refractivity contribution in [2.45, 2.75) is 20.0 Å². The van der Waals surface area contributed by atoms with Gasteiger partial charge in [-0.25, -0.2) is 14.4 Å². The highest BCUT2D eigenvalue weighted by Crippen LogP contribution is 2.19. The monoisotopic (exact) mass is 244 g/mol. The predicted octanol–water partition coefficient (Wildman–Crippen LogP) is 2.27. The molecule has 1 aliphatic rings. The average Bonchev–Trinajstić information content (AvgIpc) is 2.81. The molecular weight excluding hydrogens is 231 g/mol. The topological polar surface area (TPSA) is 49.8 Å². The number of benzene rings is 1. The molecule has 4 nitrogen and oxygen atoms in total. The van der Waals surface area contributed by atoms with Crippen molar-refractivity contribution in [3.8, 4) is 0 Å². The van der Waals surface area contributed by atoms with Crippen molar-refractivity contribution in [1.82, 2.24) is 15.3 Å². The Bertz CT molecular complexity index is 598. The zero-order chi connectivity index (χ0) is 12.5. The lowest BCUT2D eigenvalue weighted by atomic mass is 10.2. The van der Waals surface area contributed by atoms with E-state index in [0.29, 0.717) is 11.5 Å². The molecule has 1 aromatic carbocycles. The van der Waals surface area contributed by atoms with E-state index in [9.17, 15) is 4.39 Å². The Balaban J connectivity index is 1.85. The Morgan fingerprint density at radius 2 is 2.22 bits per heavy atom. The van der Waals surface area contributed by atoms with Crippen molar-refractivity contribution in [3.63, 3.8) is 0 Å². The Labute approximate surface area is 104 Å². The van der Waals surface area contributed by atoms with Gasteiger partial charge in [0.15, 0.2) is 0 Å². The maximum absolute atomic E-state index is 13.2. The van der Waals surface area contributed by atoms with E-state index in [0.717, 1.165) is 30.0 Å². The summed E-state index contributed by atoms with van der Waals surface area (Å²) >= 11 is 0. The third-order valence-corrected chi connectivity index (χ3v) is 2.98. The summed E-state index contributed by atoms with van der Waals surface area (Å²) in [7, 11) is 0. The number of hydrogen-bond donors (Lipinski definition) is 2. The van der Waals surface area contributed by atoms with Crippen LogP contribution in [-0.4, -0.2) is 9.97 Å². The van der Waals surface area contributed by atoms with Crippen LogP contribution in [0.3, 0.4) is 0 Å². The first-order valence-electron chi connectivity index (χ1n) is 5.81. The van der Waals surface area contributed by atoms with Gasteiger partial charge in [0.25, 0.3) is 0 Å². The number of nitrogens with one attached hydrogen (secondary N) is 2. The fraction of sp³-hybridized carbons (Fsp3) is 0.231. The number of halogens is 1. The molecule has 5 heteroatoms. The van der Waals surface area contributed by atoms with Crippen LogP contribution in [0, 0.1) is 12.7 Å². The number of aromatic nitrogens is 2. The SMILES string of the molecule is Cc1cc(Nc2ncc3c(n2)CNC3)ccc1F. The number of fused-ring (bicyclic) bond motifs is 1. The van der Waals surface area contributed by atoms with E-state index in [1.807, 2.05) is 6.20 Å². The molecule has 0 amide bonds. The van der Waals surface area contributed by atoms with Crippen molar-refractivity contribution < 1.29 is 4.39 Å². The van der Waals surface area contributed by atoms with Gasteiger partial charge < -0.3 is 10.6 Å². The summed E-state index contributed by atoms with van der Waals surface area (Å²) in [5.41, 5.74) is 3.55. The molecule has 0 saturated heterocycles. The largest absolute Gasteiger partial charge is 0.324 e. The summed E-state index contributed by atoms with van der Waals surface area (Å²) in [6, 6.07) is 4.86. The summed E-state index contributed by atoms with van der Waals surface area (Å²) in [6.07, 6.45) is 1.82. The fourth-order valence-electron chi connectivity index (χ4n) is 1.97. The summed E-state index contributed by atoms with van der Waals surface area (Å²) in [4.78, 5) is 8.66. The van der Waals surface area contributed by atoms with Gasteiger partial charge in [-0.2, -0.15) is 0 Å². The first-order valence-corrected chi connectivity index (χ1v) is 5.81. The minimum absolute atomic E-state index is 0.209. The third-order valence-electron chi connectivity index (χ3n) is 2.98. The molecule has 0 unspecified atom stereocenters. The molecule has 0 atom stereocenters. The Kier molecular flexibility index (Phi) is 2.68. The highest BCUT2D eigenvalue weighted by atomic mass is 19.1. The smallest absolute Gasteiger partial charge is 0.227 e. The number of nitrogens with zero attached hydrogens (tertiary/aromatic N) is 2. The van der Waals surface area contributed by atoms with E-state index < -0.39 is 0 Å². The van der Waals surface area contributed by atoms with Crippen LogP contribution < -0.4 is 10.6 Å². The van der Waals surface area contributed by atoms with Crippen LogP contribution in [0.2, 0.25) is 0 Å². The molecule has 0 radical (unpaired) electrons. The van der Waals surface area contributed by atoms with Gasteiger partial charge in [-0.3, -0.25) is 0 Å². The fourth-order valence-corrected chi connectivity index (χ4v) is 1.97. The first-order chi connectivity index (χ1) is 8.72. The van der Waals surface area contributed by atoms with Crippen molar-refractivity contribution in [3.05, 3.63) is 47.0 Å². The molecule has 1 aromatic heterocycles. The van der Waals surface area contributed by atoms with Gasteiger partial charge in [0.2, 0.25) is 5.95 Å². The van der Waals surface area contributed by atoms with Crippen LogP contribution in [0.15, 0.2) is 24.4 Å². The zero-order valence-electron chi connectivity index (χ0n) is 10.00. The van der Waals surface area contributed by atoms with Gasteiger partial charge in [-0.15, -0.1) is 0 Å². The normalized spacial score (nSPS) is 13.4. The first kappa shape index (κ1) is 11.1. The van der Waals surface area contributed by atoms with E-state index in [4.69, 9.17) is 0 Å². The van der Waals surface area contributed by atoms with Crippen molar-refractivity contribution >= 4 is 11.6 Å². The van der Waals surface area contributed by atoms with Crippen LogP contribution in [-0.2, 0) is 13.1 Å². The molecule has 0 aliphatic carbocycles. The number of hydrogen-bond acceptors (Lipinski definition) is 4. The van der Waals surface area contributed by atoms with Gasteiger partial charge in [0.1, 0.15) is 5.82 Å². The van der Waals surface area contributed by atoms with Crippen molar-refractivity contribution in [1.29, 1.82) is 0 Å². The van der Waals surface area contributed by atoms with Crippen LogP contribution in [0.1, 0.15) is 16.8 Å². The van der Waals surface area contributed by atoms with Crippen molar-refractivity contribution in [2.75, 3.05) is 5.32 Å². The molecule has 18 heavy (non-hydrogen) atoms. The second kappa shape index (κ2) is 4.34. The van der Waals surface area contributed by atoms with Gasteiger partial charge >= 0.3 is 0 Å². The highest BCUT2D eigenvalue weighted by Gasteiger charge is 2.12. The number of aryl methyl sites for hydroxylation is 1. The predicted molar refractivity (Wildman–Crippen MR) is 67.0 cm³/mol. The number of anilines is 2. The molecule has 0 fully saturated rings. The lowest BCUT2D eigenvalue weighted by Crippen LogP contribution is -2.02. The van der Waals surface area contributed by atoms with E-state index >= 15 is 0 Å². The molecule has 0 saturated carbocycles. The lowest BCUT2D eigenvalue weighted by molar-refractivity contribution is 0.619. The van der Waals surface area contributed by atoms with Crippen LogP contribution in [0.5, 0.6) is 0 Å². The zero-order valence-corrected chi connectivity index (χ0v) is 10.00. The molecular formula is C13H13FN4. The molecule has 1 aliphatic heterocycles. The maximum Gasteiger partial charge on any atom is 0.227 e. The average molecular weight is 244 g/mol. The van der Waals surface area contributed by atoms with E-state index in [1.165, 1.54) is 6.07 Å². The number of rotatable bonds is 2. The van der Waals surface area contributed by atoms with E-state index in [-0.39, 0.29) is 5.82 Å². The molecule has 2 N–H and O–H groups in total. The van der Waals surface area contributed by atoms with Crippen LogP contribution in [0.25, 0.3) is 0 Å². The molecule has 0 spiro atoms. The second-order valence-corrected chi connectivity index (χ2v) is 4.36. The minimum Gasteiger partial charge on any atom is -0.324 e. The molecule has 92 valence electrons. The molecule has 2 heterocycles. The molecule has 2 aromatic rings. The van der Waals surface area contributed by atoms with Gasteiger partial charge in [-0.05, 0) is 30.7 Å². The molecule has 3 rings (SSSR count). The Morgan fingerprint density at radius 1 is 1.33 bits per heavy atom. The summed E-state index contributed by atoms with van der Waals surface area (Å²) in [5, 5.41) is 6.30. The molecule has 0 bridgehead atoms. The minimum atomic E-state index is -0.209. The third kappa shape index (κ3) is 2.04. The summed E-state index contributed by atoms with van der Waals surface area (Å²) < 4.78 is 13.2. The van der Waals surface area contributed by atoms with E-state index in [1.54, 1.807) is 19.1 Å². The lowest BCUT2D eigenvalue weighted by Gasteiger charge is -2.07. The Hall–Kier alpha value is -2.01. The maximum atomic E-state index is 13.2. The van der Waals surface area contributed by atoms with Crippen molar-refractivity contribution in [2.24, 2.45) is 0 Å². The summed E-state index contributed by atoms with van der Waals surface area (Å²) in [5.74, 6) is 0.336. The Morgan fingerprint density at radius 3 is 3.06 bits per heavy atom. The second-order valence-electron chi connectivity index (χ2n) is 4.36. The van der Waals surface area contributed by atoms with Crippen LogP contribution in [0.4, 0.5) is 16.0 Å². The quantitative estimate of drug-likeness (QED) is 0.850. The van der Waals surface area contributed by atoms with Gasteiger partial charge in [0, 0.05) is 30.5 Å².